The lowest BCUT2D eigenvalue weighted by atomic mass is 10.2. The Bertz CT molecular complexity index is 460. The highest BCUT2D eigenvalue weighted by molar-refractivity contribution is 5.95. The number of ether oxygens (including phenoxy) is 1. The number of hydrogen-bond acceptors (Lipinski definition) is 4. The average Bonchev–Trinajstić information content (AvgIpc) is 2.47. The second kappa shape index (κ2) is 7.25. The first kappa shape index (κ1) is 14.8. The molecular formula is C13H19N3O3. The maximum atomic E-state index is 12.3. The summed E-state index contributed by atoms with van der Waals surface area (Å²) in [5.41, 5.74) is 5.96. The van der Waals surface area contributed by atoms with Gasteiger partial charge in [0.25, 0.3) is 5.91 Å². The Kier molecular flexibility index (Phi) is 5.66. The average molecular weight is 265 g/mol. The highest BCUT2D eigenvalue weighted by Gasteiger charge is 2.14. The molecule has 0 aliphatic heterocycles. The fourth-order valence-corrected chi connectivity index (χ4v) is 1.64. The molecule has 0 unspecified atom stereocenters. The van der Waals surface area contributed by atoms with Crippen molar-refractivity contribution >= 4 is 11.7 Å². The Balaban J connectivity index is 2.77. The molecule has 0 spiro atoms. The van der Waals surface area contributed by atoms with E-state index in [-0.39, 0.29) is 11.7 Å². The standard InChI is InChI=1S/C13H19N3O3/c1-3-16(8-7-12(14)15-18)13(17)10-5-4-6-11(9-10)19-2/h4-6,9,18H,3,7-8H2,1-2H3,(H2,14,15). The van der Waals surface area contributed by atoms with E-state index in [0.29, 0.717) is 30.8 Å². The molecule has 1 rings (SSSR count). The maximum absolute atomic E-state index is 12.3. The molecule has 3 N–H and O–H groups in total. The topological polar surface area (TPSA) is 88.1 Å². The number of hydrogen-bond donors (Lipinski definition) is 2. The minimum atomic E-state index is -0.105. The van der Waals surface area contributed by atoms with Crippen molar-refractivity contribution in [3.63, 3.8) is 0 Å². The molecule has 0 radical (unpaired) electrons. The summed E-state index contributed by atoms with van der Waals surface area (Å²) in [5.74, 6) is 0.641. The van der Waals surface area contributed by atoms with Gasteiger partial charge in [-0.1, -0.05) is 11.2 Å². The van der Waals surface area contributed by atoms with Gasteiger partial charge in [0.1, 0.15) is 11.6 Å². The van der Waals surface area contributed by atoms with Gasteiger partial charge in [-0.2, -0.15) is 0 Å². The Labute approximate surface area is 112 Å². The molecule has 1 aromatic carbocycles. The minimum absolute atomic E-state index is 0.105. The highest BCUT2D eigenvalue weighted by atomic mass is 16.5. The molecule has 6 heteroatoms. The third-order valence-electron chi connectivity index (χ3n) is 2.75. The normalized spacial score (nSPS) is 11.2. The summed E-state index contributed by atoms with van der Waals surface area (Å²) in [4.78, 5) is 13.9. The van der Waals surface area contributed by atoms with Crippen LogP contribution in [0.3, 0.4) is 0 Å². The van der Waals surface area contributed by atoms with Gasteiger partial charge in [-0.15, -0.1) is 0 Å². The van der Waals surface area contributed by atoms with Crippen molar-refractivity contribution in [2.24, 2.45) is 10.9 Å². The molecule has 19 heavy (non-hydrogen) atoms. The third-order valence-corrected chi connectivity index (χ3v) is 2.75. The van der Waals surface area contributed by atoms with E-state index in [4.69, 9.17) is 15.7 Å². The Hall–Kier alpha value is -2.24. The van der Waals surface area contributed by atoms with E-state index >= 15 is 0 Å². The SMILES string of the molecule is CCN(CCC(N)=NO)C(=O)c1cccc(OC)c1. The van der Waals surface area contributed by atoms with Crippen LogP contribution >= 0.6 is 0 Å². The molecule has 0 aliphatic carbocycles. The van der Waals surface area contributed by atoms with Crippen LogP contribution in [0.1, 0.15) is 23.7 Å². The Morgan fingerprint density at radius 3 is 2.84 bits per heavy atom. The predicted molar refractivity (Wildman–Crippen MR) is 72.6 cm³/mol. The first-order chi connectivity index (χ1) is 9.12. The van der Waals surface area contributed by atoms with Gasteiger partial charge >= 0.3 is 0 Å². The van der Waals surface area contributed by atoms with Crippen molar-refractivity contribution in [2.75, 3.05) is 20.2 Å². The van der Waals surface area contributed by atoms with E-state index in [1.54, 1.807) is 36.3 Å². The number of carbonyl (C=O) groups is 1. The van der Waals surface area contributed by atoms with Crippen LogP contribution < -0.4 is 10.5 Å². The number of amides is 1. The molecule has 104 valence electrons. The lowest BCUT2D eigenvalue weighted by Gasteiger charge is -2.20. The van der Waals surface area contributed by atoms with E-state index in [9.17, 15) is 4.79 Å². The zero-order valence-electron chi connectivity index (χ0n) is 11.2. The molecule has 6 nitrogen and oxygen atoms in total. The number of carbonyl (C=O) groups excluding carboxylic acids is 1. The molecule has 0 saturated carbocycles. The zero-order chi connectivity index (χ0) is 14.3. The fourth-order valence-electron chi connectivity index (χ4n) is 1.64. The lowest BCUT2D eigenvalue weighted by molar-refractivity contribution is 0.0768. The van der Waals surface area contributed by atoms with Gasteiger partial charge in [0.2, 0.25) is 0 Å². The van der Waals surface area contributed by atoms with Crippen LogP contribution in [-0.2, 0) is 0 Å². The van der Waals surface area contributed by atoms with Gasteiger partial charge in [0, 0.05) is 25.1 Å². The van der Waals surface area contributed by atoms with Gasteiger partial charge in [-0.25, -0.2) is 0 Å². The number of nitrogens with two attached hydrogens (primary N) is 1. The van der Waals surface area contributed by atoms with Crippen LogP contribution in [0, 0.1) is 0 Å². The fraction of sp³-hybridized carbons (Fsp3) is 0.385. The first-order valence-corrected chi connectivity index (χ1v) is 6.02. The van der Waals surface area contributed by atoms with Crippen molar-refractivity contribution in [1.82, 2.24) is 4.90 Å². The number of rotatable bonds is 6. The quantitative estimate of drug-likeness (QED) is 0.351. The zero-order valence-corrected chi connectivity index (χ0v) is 11.2. The molecular weight excluding hydrogens is 246 g/mol. The van der Waals surface area contributed by atoms with Crippen LogP contribution in [0.15, 0.2) is 29.4 Å². The van der Waals surface area contributed by atoms with E-state index < -0.39 is 0 Å². The van der Waals surface area contributed by atoms with Gasteiger partial charge < -0.3 is 20.6 Å². The maximum Gasteiger partial charge on any atom is 0.253 e. The van der Waals surface area contributed by atoms with Crippen molar-refractivity contribution in [3.8, 4) is 5.75 Å². The van der Waals surface area contributed by atoms with Crippen LogP contribution in [0.2, 0.25) is 0 Å². The van der Waals surface area contributed by atoms with E-state index in [2.05, 4.69) is 5.16 Å². The molecule has 0 aromatic heterocycles. The number of oxime groups is 1. The van der Waals surface area contributed by atoms with Crippen molar-refractivity contribution in [2.45, 2.75) is 13.3 Å². The van der Waals surface area contributed by atoms with Gasteiger partial charge in [0.15, 0.2) is 0 Å². The monoisotopic (exact) mass is 265 g/mol. The van der Waals surface area contributed by atoms with Crippen molar-refractivity contribution in [1.29, 1.82) is 0 Å². The second-order valence-corrected chi connectivity index (χ2v) is 3.96. The number of benzene rings is 1. The van der Waals surface area contributed by atoms with Crippen molar-refractivity contribution < 1.29 is 14.7 Å². The third kappa shape index (κ3) is 4.17. The largest absolute Gasteiger partial charge is 0.497 e. The molecule has 0 fully saturated rings. The number of methoxy groups -OCH3 is 1. The summed E-state index contributed by atoms with van der Waals surface area (Å²) in [6.07, 6.45) is 0.333. The van der Waals surface area contributed by atoms with Crippen LogP contribution in [0.4, 0.5) is 0 Å². The summed E-state index contributed by atoms with van der Waals surface area (Å²) >= 11 is 0. The molecule has 0 atom stereocenters. The summed E-state index contributed by atoms with van der Waals surface area (Å²) < 4.78 is 5.09. The van der Waals surface area contributed by atoms with Crippen LogP contribution in [-0.4, -0.2) is 42.0 Å². The first-order valence-electron chi connectivity index (χ1n) is 6.02. The van der Waals surface area contributed by atoms with E-state index in [1.807, 2.05) is 6.92 Å². The second-order valence-electron chi connectivity index (χ2n) is 3.96. The number of nitrogens with zero attached hydrogens (tertiary/aromatic N) is 2. The predicted octanol–water partition coefficient (Wildman–Crippen LogP) is 1.29. The van der Waals surface area contributed by atoms with Gasteiger partial charge in [0.05, 0.1) is 7.11 Å². The highest BCUT2D eigenvalue weighted by Crippen LogP contribution is 2.14. The Morgan fingerprint density at radius 2 is 2.26 bits per heavy atom. The number of amidine groups is 1. The summed E-state index contributed by atoms with van der Waals surface area (Å²) in [6.45, 7) is 2.83. The molecule has 0 saturated heterocycles. The molecule has 1 amide bonds. The summed E-state index contributed by atoms with van der Waals surface area (Å²) in [6, 6.07) is 6.97. The molecule has 0 aliphatic rings. The van der Waals surface area contributed by atoms with E-state index in [1.165, 1.54) is 0 Å². The Morgan fingerprint density at radius 1 is 1.53 bits per heavy atom. The summed E-state index contributed by atoms with van der Waals surface area (Å²) in [5, 5.41) is 11.4. The smallest absolute Gasteiger partial charge is 0.253 e. The molecule has 1 aromatic rings. The van der Waals surface area contributed by atoms with Crippen LogP contribution in [0.5, 0.6) is 5.75 Å². The minimum Gasteiger partial charge on any atom is -0.497 e. The molecule has 0 bridgehead atoms. The van der Waals surface area contributed by atoms with Crippen molar-refractivity contribution in [3.05, 3.63) is 29.8 Å². The van der Waals surface area contributed by atoms with E-state index in [0.717, 1.165) is 0 Å². The van der Waals surface area contributed by atoms with Crippen LogP contribution in [0.25, 0.3) is 0 Å². The van der Waals surface area contributed by atoms with Gasteiger partial charge in [-0.05, 0) is 25.1 Å². The molecule has 0 heterocycles. The lowest BCUT2D eigenvalue weighted by Crippen LogP contribution is -2.33. The summed E-state index contributed by atoms with van der Waals surface area (Å²) in [7, 11) is 1.56. The van der Waals surface area contributed by atoms with Gasteiger partial charge in [-0.3, -0.25) is 4.79 Å².